The Labute approximate surface area is 467 Å². The van der Waals surface area contributed by atoms with Crippen LogP contribution in [-0.2, 0) is 47.4 Å². The molecular weight excluding hydrogens is 1060 g/mol. The van der Waals surface area contributed by atoms with Crippen molar-refractivity contribution in [2.24, 2.45) is 45.3 Å². The van der Waals surface area contributed by atoms with Crippen LogP contribution in [0.2, 0.25) is 0 Å². The Balaban J connectivity index is 1.13. The third-order valence-corrected chi connectivity index (χ3v) is 21.0. The number of esters is 1. The lowest BCUT2D eigenvalue weighted by molar-refractivity contribution is -0.382. The summed E-state index contributed by atoms with van der Waals surface area (Å²) in [5.41, 5.74) is -3.03. The van der Waals surface area contributed by atoms with Gasteiger partial charge in [-0.05, 0) is 124 Å². The first-order chi connectivity index (χ1) is 37.3. The lowest BCUT2D eigenvalue weighted by Gasteiger charge is -2.72. The Morgan fingerprint density at radius 1 is 0.637 bits per heavy atom. The second-order valence-electron chi connectivity index (χ2n) is 26.5. The SMILES string of the molecule is CC(=O)OC[C@H]1O[C@@H](O[C@H]2C[C@]3(C)[C@H](C[C@@H](O)[C@@H]4[C@@H]([C@](C)(CCC=C(C)C)O[C@@H]5O[C@H](CO[C@@H]6O[C@H](CO)[C@@H](O)[C@H](O)[C@H]6O)[C@@H](O)[C@H](O)[C@H]5O)CC[C@]43C)[C@@]3(C)CC[C@H](O)C(C)(C)[C@H]23)[C@H](O[C@@H]2O[C@@H](C)[C@H](O)[C@@H](O)[C@H]2O)[C@@H](O)[C@@H]1O. The van der Waals surface area contributed by atoms with Gasteiger partial charge in [-0.25, -0.2) is 0 Å². The van der Waals surface area contributed by atoms with Crippen molar-refractivity contribution in [3.8, 4) is 0 Å². The largest absolute Gasteiger partial charge is 0.463 e. The van der Waals surface area contributed by atoms with Crippen LogP contribution in [0.1, 0.15) is 121 Å². The lowest BCUT2D eigenvalue weighted by atomic mass is 9.34. The first kappa shape index (κ1) is 64.3. The molecule has 24 nitrogen and oxygen atoms in total. The Hall–Kier alpha value is -1.67. The molecule has 4 saturated carbocycles. The summed E-state index contributed by atoms with van der Waals surface area (Å²) < 4.78 is 55.5. The molecule has 80 heavy (non-hydrogen) atoms. The number of carbonyl (C=O) groups is 1. The van der Waals surface area contributed by atoms with E-state index in [1.54, 1.807) is 0 Å². The normalized spacial score (nSPS) is 52.0. The number of aliphatic hydroxyl groups excluding tert-OH is 14. The maximum atomic E-state index is 13.0. The molecule has 0 aromatic carbocycles. The molecule has 0 radical (unpaired) electrons. The molecule has 8 rings (SSSR count). The van der Waals surface area contributed by atoms with E-state index < -0.39 is 212 Å². The highest BCUT2D eigenvalue weighted by Crippen LogP contribution is 2.76. The van der Waals surface area contributed by atoms with Gasteiger partial charge in [-0.15, -0.1) is 0 Å². The summed E-state index contributed by atoms with van der Waals surface area (Å²) >= 11 is 0. The molecule has 0 unspecified atom stereocenters. The van der Waals surface area contributed by atoms with Gasteiger partial charge in [-0.2, -0.15) is 0 Å². The van der Waals surface area contributed by atoms with Gasteiger partial charge in [-0.1, -0.05) is 46.3 Å². The third-order valence-electron chi connectivity index (χ3n) is 21.0. The highest BCUT2D eigenvalue weighted by molar-refractivity contribution is 5.65. The van der Waals surface area contributed by atoms with Gasteiger partial charge >= 0.3 is 5.97 Å². The van der Waals surface area contributed by atoms with E-state index in [2.05, 4.69) is 20.8 Å². The topological polar surface area (TPSA) is 383 Å². The molecule has 31 atom stereocenters. The molecule has 0 spiro atoms. The molecule has 4 heterocycles. The first-order valence-corrected chi connectivity index (χ1v) is 28.7. The zero-order chi connectivity index (χ0) is 59.1. The smallest absolute Gasteiger partial charge is 0.302 e. The highest BCUT2D eigenvalue weighted by Gasteiger charge is 2.74. The summed E-state index contributed by atoms with van der Waals surface area (Å²) in [6.07, 6.45) is -28.9. The van der Waals surface area contributed by atoms with E-state index in [4.69, 9.17) is 42.6 Å². The van der Waals surface area contributed by atoms with E-state index in [1.165, 1.54) is 13.8 Å². The number of hydrogen-bond donors (Lipinski definition) is 14. The van der Waals surface area contributed by atoms with E-state index in [-0.39, 0.29) is 5.92 Å². The van der Waals surface area contributed by atoms with Gasteiger partial charge in [0.25, 0.3) is 0 Å². The molecule has 4 aliphatic heterocycles. The molecule has 14 N–H and O–H groups in total. The average molecular weight is 1150 g/mol. The molecule has 0 aromatic heterocycles. The maximum Gasteiger partial charge on any atom is 0.302 e. The zero-order valence-corrected chi connectivity index (χ0v) is 47.8. The second kappa shape index (κ2) is 24.2. The fraction of sp³-hybridized carbons (Fsp3) is 0.946. The molecule has 4 saturated heterocycles. The van der Waals surface area contributed by atoms with Crippen molar-refractivity contribution in [1.82, 2.24) is 0 Å². The zero-order valence-electron chi connectivity index (χ0n) is 47.8. The predicted molar refractivity (Wildman–Crippen MR) is 276 cm³/mol. The van der Waals surface area contributed by atoms with Crippen molar-refractivity contribution < 1.29 is 119 Å². The summed E-state index contributed by atoms with van der Waals surface area (Å²) in [4.78, 5) is 12.1. The van der Waals surface area contributed by atoms with Crippen molar-refractivity contribution in [2.75, 3.05) is 19.8 Å². The van der Waals surface area contributed by atoms with E-state index in [9.17, 15) is 76.3 Å². The van der Waals surface area contributed by atoms with Crippen LogP contribution < -0.4 is 0 Å². The molecule has 8 fully saturated rings. The Morgan fingerprint density at radius 2 is 1.21 bits per heavy atom. The molecule has 4 aliphatic carbocycles. The van der Waals surface area contributed by atoms with Crippen LogP contribution in [0.25, 0.3) is 0 Å². The quantitative estimate of drug-likeness (QED) is 0.0468. The van der Waals surface area contributed by atoms with Crippen LogP contribution in [0.15, 0.2) is 11.6 Å². The molecule has 462 valence electrons. The van der Waals surface area contributed by atoms with Crippen molar-refractivity contribution in [2.45, 2.75) is 267 Å². The molecular formula is C56H94O24. The number of ether oxygens (including phenoxy) is 9. The molecule has 0 bridgehead atoms. The van der Waals surface area contributed by atoms with Crippen molar-refractivity contribution >= 4 is 5.97 Å². The van der Waals surface area contributed by atoms with Crippen LogP contribution in [0.4, 0.5) is 0 Å². The minimum Gasteiger partial charge on any atom is -0.463 e. The summed E-state index contributed by atoms with van der Waals surface area (Å²) in [7, 11) is 0. The van der Waals surface area contributed by atoms with E-state index in [1.807, 2.05) is 40.7 Å². The second-order valence-corrected chi connectivity index (χ2v) is 26.5. The van der Waals surface area contributed by atoms with Gasteiger partial charge < -0.3 is 114 Å². The number of rotatable bonds is 16. The summed E-state index contributed by atoms with van der Waals surface area (Å²) in [6.45, 7) is 17.2. The van der Waals surface area contributed by atoms with Gasteiger partial charge in [0, 0.05) is 6.92 Å². The maximum absolute atomic E-state index is 13.0. The fourth-order valence-electron chi connectivity index (χ4n) is 16.4. The lowest BCUT2D eigenvalue weighted by Crippen LogP contribution is -2.71. The van der Waals surface area contributed by atoms with E-state index in [0.717, 1.165) is 5.57 Å². The summed E-state index contributed by atoms with van der Waals surface area (Å²) in [5.74, 6) is -2.21. The van der Waals surface area contributed by atoms with E-state index in [0.29, 0.717) is 51.4 Å². The first-order valence-electron chi connectivity index (χ1n) is 28.7. The minimum absolute atomic E-state index is 0.173. The molecule has 0 aromatic rings. The van der Waals surface area contributed by atoms with Gasteiger partial charge in [-0.3, -0.25) is 4.79 Å². The number of fused-ring (bicyclic) bond motifs is 5. The van der Waals surface area contributed by atoms with Crippen molar-refractivity contribution in [1.29, 1.82) is 0 Å². The molecule has 24 heteroatoms. The van der Waals surface area contributed by atoms with Crippen LogP contribution in [0.3, 0.4) is 0 Å². The molecule has 0 amide bonds. The van der Waals surface area contributed by atoms with Gasteiger partial charge in [0.05, 0.1) is 43.2 Å². The van der Waals surface area contributed by atoms with Crippen LogP contribution >= 0.6 is 0 Å². The number of hydrogen-bond acceptors (Lipinski definition) is 24. The highest BCUT2D eigenvalue weighted by atomic mass is 16.8. The van der Waals surface area contributed by atoms with E-state index >= 15 is 0 Å². The number of allylic oxidation sites excluding steroid dienone is 2. The van der Waals surface area contributed by atoms with Crippen molar-refractivity contribution in [3.05, 3.63) is 11.6 Å². The Morgan fingerprint density at radius 3 is 1.85 bits per heavy atom. The number of carbonyl (C=O) groups excluding carboxylic acids is 1. The third kappa shape index (κ3) is 11.5. The monoisotopic (exact) mass is 1150 g/mol. The average Bonchev–Trinajstić information content (AvgIpc) is 3.75. The van der Waals surface area contributed by atoms with Gasteiger partial charge in [0.1, 0.15) is 98.2 Å². The summed E-state index contributed by atoms with van der Waals surface area (Å²) in [5, 5.41) is 156. The van der Waals surface area contributed by atoms with Crippen LogP contribution in [0, 0.1) is 45.3 Å². The Bertz CT molecular complexity index is 2130. The van der Waals surface area contributed by atoms with Crippen LogP contribution in [0.5, 0.6) is 0 Å². The van der Waals surface area contributed by atoms with Gasteiger partial charge in [0.15, 0.2) is 25.2 Å². The van der Waals surface area contributed by atoms with Crippen LogP contribution in [-0.4, -0.2) is 244 Å². The van der Waals surface area contributed by atoms with Crippen molar-refractivity contribution in [3.63, 3.8) is 0 Å². The molecule has 8 aliphatic rings. The number of aliphatic hydroxyl groups is 14. The Kier molecular flexibility index (Phi) is 19.5. The standard InChI is InChI=1S/C56H94O24/c1-23(2)12-11-15-56(10,80-50-45(71)41(67)37(63)31(77-50)22-73-48-43(69)40(66)36(62)29(20-57)76-48)26-13-17-54(8)34(26)27(59)18-32-53(7)16-14-33(60)52(5,6)47(53)28(19-55(32,54)9)75-51-46(42(68)38(64)30(78-51)21-72-25(4)58)79-49-44(70)39(65)35(61)24(3)74-49/h12,24,26-51,57,59-71H,11,13-22H2,1-10H3/t24-,26-,27+,28-,29+,30+,31+,32+,33-,34-,35-,36+,37+,38+,39+,40-,41-,42-,43+,44+,45+,46+,47-,48+,49-,50-,51+,53+,54+,55+,56-/m0/s1. The van der Waals surface area contributed by atoms with Gasteiger partial charge in [0.2, 0.25) is 0 Å². The minimum atomic E-state index is -1.82. The summed E-state index contributed by atoms with van der Waals surface area (Å²) in [6, 6.07) is 0. The predicted octanol–water partition coefficient (Wildman–Crippen LogP) is -1.63. The fourth-order valence-corrected chi connectivity index (χ4v) is 16.4.